The minimum Gasteiger partial charge on any atom is -0.489 e. The van der Waals surface area contributed by atoms with Crippen molar-refractivity contribution >= 4 is 23.2 Å². The number of ether oxygens (including phenoxy) is 2. The van der Waals surface area contributed by atoms with Gasteiger partial charge in [0.05, 0.1) is 18.2 Å². The number of fused-ring (bicyclic) bond motifs is 1. The lowest BCUT2D eigenvalue weighted by Crippen LogP contribution is -2.30. The Morgan fingerprint density at radius 2 is 1.96 bits per heavy atom. The number of benzene rings is 1. The van der Waals surface area contributed by atoms with Crippen molar-refractivity contribution in [2.45, 2.75) is 25.8 Å². The van der Waals surface area contributed by atoms with Gasteiger partial charge in [-0.05, 0) is 30.5 Å². The van der Waals surface area contributed by atoms with Gasteiger partial charge in [-0.3, -0.25) is 4.79 Å². The van der Waals surface area contributed by atoms with E-state index in [9.17, 15) is 4.79 Å². The molecule has 27 heavy (non-hydrogen) atoms. The summed E-state index contributed by atoms with van der Waals surface area (Å²) >= 11 is 6.32. The molecule has 2 N–H and O–H groups in total. The van der Waals surface area contributed by atoms with Crippen LogP contribution in [0, 0.1) is 0 Å². The zero-order chi connectivity index (χ0) is 18.6. The highest BCUT2D eigenvalue weighted by atomic mass is 35.5. The molecule has 2 aliphatic rings. The SMILES string of the molecule is O=C(NCc1cc(Cl)c2c(c1)OCCCO2)c1cc(N2CCCC2)cc[nH+]1. The third-order valence-electron chi connectivity index (χ3n) is 4.82. The number of carbonyl (C=O) groups excluding carboxylic acids is 1. The highest BCUT2D eigenvalue weighted by Gasteiger charge is 2.19. The van der Waals surface area contributed by atoms with Gasteiger partial charge < -0.3 is 19.7 Å². The lowest BCUT2D eigenvalue weighted by Gasteiger charge is -2.16. The summed E-state index contributed by atoms with van der Waals surface area (Å²) in [4.78, 5) is 17.9. The number of carbonyl (C=O) groups is 1. The lowest BCUT2D eigenvalue weighted by atomic mass is 10.2. The van der Waals surface area contributed by atoms with Gasteiger partial charge in [0.1, 0.15) is 0 Å². The van der Waals surface area contributed by atoms with Gasteiger partial charge >= 0.3 is 5.91 Å². The van der Waals surface area contributed by atoms with Crippen LogP contribution < -0.4 is 24.7 Å². The topological polar surface area (TPSA) is 64.9 Å². The second-order valence-corrected chi connectivity index (χ2v) is 7.20. The Bertz CT molecular complexity index is 837. The summed E-state index contributed by atoms with van der Waals surface area (Å²) in [5.41, 5.74) is 2.49. The lowest BCUT2D eigenvalue weighted by molar-refractivity contribution is -0.382. The van der Waals surface area contributed by atoms with E-state index in [0.29, 0.717) is 42.0 Å². The molecule has 0 bridgehead atoms. The number of H-pyrrole nitrogens is 1. The quantitative estimate of drug-likeness (QED) is 0.874. The number of aromatic amines is 1. The largest absolute Gasteiger partial charge is 0.489 e. The summed E-state index contributed by atoms with van der Waals surface area (Å²) in [6, 6.07) is 7.59. The first kappa shape index (κ1) is 17.9. The first-order valence-corrected chi connectivity index (χ1v) is 9.71. The molecular formula is C20H23ClN3O3+. The van der Waals surface area contributed by atoms with Crippen LogP contribution >= 0.6 is 11.6 Å². The van der Waals surface area contributed by atoms with Crippen LogP contribution in [-0.4, -0.2) is 32.2 Å². The molecule has 142 valence electrons. The number of anilines is 1. The second-order valence-electron chi connectivity index (χ2n) is 6.79. The molecule has 1 aromatic carbocycles. The molecule has 0 atom stereocenters. The van der Waals surface area contributed by atoms with E-state index in [2.05, 4.69) is 15.2 Å². The van der Waals surface area contributed by atoms with E-state index < -0.39 is 0 Å². The maximum absolute atomic E-state index is 12.6. The minimum absolute atomic E-state index is 0.153. The van der Waals surface area contributed by atoms with Crippen LogP contribution in [0.5, 0.6) is 11.5 Å². The normalized spacial score (nSPS) is 16.1. The predicted octanol–water partition coefficient (Wildman–Crippen LogP) is 2.85. The number of pyridine rings is 1. The molecule has 4 rings (SSSR count). The van der Waals surface area contributed by atoms with E-state index in [1.165, 1.54) is 12.8 Å². The van der Waals surface area contributed by atoms with E-state index in [4.69, 9.17) is 21.1 Å². The van der Waals surface area contributed by atoms with Crippen molar-refractivity contribution in [1.29, 1.82) is 0 Å². The number of nitrogens with zero attached hydrogens (tertiary/aromatic N) is 1. The molecule has 7 heteroatoms. The van der Waals surface area contributed by atoms with Crippen molar-refractivity contribution in [3.8, 4) is 11.5 Å². The van der Waals surface area contributed by atoms with Gasteiger partial charge in [0.2, 0.25) is 0 Å². The summed E-state index contributed by atoms with van der Waals surface area (Å²) in [5.74, 6) is 1.06. The van der Waals surface area contributed by atoms with Crippen LogP contribution in [0.25, 0.3) is 0 Å². The fourth-order valence-electron chi connectivity index (χ4n) is 3.42. The number of hydrogen-bond acceptors (Lipinski definition) is 4. The van der Waals surface area contributed by atoms with Crippen LogP contribution in [0.4, 0.5) is 5.69 Å². The summed E-state index contributed by atoms with van der Waals surface area (Å²) in [6.07, 6.45) is 5.03. The van der Waals surface area contributed by atoms with Gasteiger partial charge in [-0.2, -0.15) is 0 Å². The van der Waals surface area contributed by atoms with Gasteiger partial charge in [-0.25, -0.2) is 4.98 Å². The fraction of sp³-hybridized carbons (Fsp3) is 0.400. The monoisotopic (exact) mass is 388 g/mol. The molecule has 2 aromatic rings. The maximum atomic E-state index is 12.6. The van der Waals surface area contributed by atoms with E-state index in [0.717, 1.165) is 30.8 Å². The molecule has 6 nitrogen and oxygen atoms in total. The third-order valence-corrected chi connectivity index (χ3v) is 5.10. The number of aromatic nitrogens is 1. The van der Waals surface area contributed by atoms with Crippen LogP contribution in [0.3, 0.4) is 0 Å². The number of hydrogen-bond donors (Lipinski definition) is 1. The Morgan fingerprint density at radius 3 is 2.81 bits per heavy atom. The zero-order valence-corrected chi connectivity index (χ0v) is 15.8. The van der Waals surface area contributed by atoms with E-state index >= 15 is 0 Å². The molecule has 2 aliphatic heterocycles. The van der Waals surface area contributed by atoms with Crippen LogP contribution in [0.15, 0.2) is 30.5 Å². The molecule has 3 heterocycles. The van der Waals surface area contributed by atoms with E-state index in [-0.39, 0.29) is 5.91 Å². The molecule has 1 amide bonds. The molecule has 0 saturated carbocycles. The van der Waals surface area contributed by atoms with Crippen molar-refractivity contribution in [1.82, 2.24) is 5.32 Å². The fourth-order valence-corrected chi connectivity index (χ4v) is 3.71. The van der Waals surface area contributed by atoms with Crippen molar-refractivity contribution < 1.29 is 19.3 Å². The number of rotatable bonds is 4. The summed E-state index contributed by atoms with van der Waals surface area (Å²) in [5, 5.41) is 3.44. The Labute approximate surface area is 163 Å². The van der Waals surface area contributed by atoms with Crippen molar-refractivity contribution in [2.24, 2.45) is 0 Å². The molecule has 0 spiro atoms. The number of halogens is 1. The average molecular weight is 389 g/mol. The van der Waals surface area contributed by atoms with Gasteiger partial charge in [0.25, 0.3) is 5.69 Å². The van der Waals surface area contributed by atoms with Gasteiger partial charge in [0.15, 0.2) is 17.7 Å². The summed E-state index contributed by atoms with van der Waals surface area (Å²) in [6.45, 7) is 3.63. The summed E-state index contributed by atoms with van der Waals surface area (Å²) in [7, 11) is 0. The smallest absolute Gasteiger partial charge is 0.316 e. The Morgan fingerprint density at radius 1 is 1.15 bits per heavy atom. The standard InChI is InChI=1S/C20H22ClN3O3/c21-16-10-14(11-18-19(16)27-9-3-8-26-18)13-23-20(25)17-12-15(4-5-22-17)24-6-1-2-7-24/h4-5,10-12H,1-3,6-9,13H2,(H,23,25)/p+1. The molecule has 1 aromatic heterocycles. The van der Waals surface area contributed by atoms with E-state index in [1.807, 2.05) is 24.4 Å². The maximum Gasteiger partial charge on any atom is 0.316 e. The van der Waals surface area contributed by atoms with Crippen molar-refractivity contribution in [3.05, 3.63) is 46.7 Å². The average Bonchev–Trinajstić information content (AvgIpc) is 3.12. The highest BCUT2D eigenvalue weighted by Crippen LogP contribution is 2.37. The predicted molar refractivity (Wildman–Crippen MR) is 103 cm³/mol. The van der Waals surface area contributed by atoms with Crippen molar-refractivity contribution in [2.75, 3.05) is 31.2 Å². The Kier molecular flexibility index (Phi) is 5.34. The first-order chi connectivity index (χ1) is 13.2. The zero-order valence-electron chi connectivity index (χ0n) is 15.1. The molecule has 1 saturated heterocycles. The van der Waals surface area contributed by atoms with Crippen LogP contribution in [0.2, 0.25) is 5.02 Å². The number of nitrogens with one attached hydrogen (secondary N) is 2. The Balaban J connectivity index is 1.44. The molecular weight excluding hydrogens is 366 g/mol. The molecule has 0 radical (unpaired) electrons. The number of amides is 1. The van der Waals surface area contributed by atoms with Gasteiger partial charge in [-0.15, -0.1) is 0 Å². The van der Waals surface area contributed by atoms with E-state index in [1.54, 1.807) is 6.07 Å². The molecule has 0 unspecified atom stereocenters. The molecule has 1 fully saturated rings. The van der Waals surface area contributed by atoms with Gasteiger partial charge in [-0.1, -0.05) is 11.6 Å². The minimum atomic E-state index is -0.153. The van der Waals surface area contributed by atoms with Crippen LogP contribution in [-0.2, 0) is 6.54 Å². The first-order valence-electron chi connectivity index (χ1n) is 9.33. The highest BCUT2D eigenvalue weighted by molar-refractivity contribution is 6.32. The summed E-state index contributed by atoms with van der Waals surface area (Å²) < 4.78 is 11.3. The molecule has 0 aliphatic carbocycles. The van der Waals surface area contributed by atoms with Crippen molar-refractivity contribution in [3.63, 3.8) is 0 Å². The van der Waals surface area contributed by atoms with Crippen LogP contribution in [0.1, 0.15) is 35.3 Å². The second kappa shape index (κ2) is 8.05. The third kappa shape index (κ3) is 4.11. The van der Waals surface area contributed by atoms with Gasteiger partial charge in [0, 0.05) is 43.9 Å². The Hall–Kier alpha value is -2.47.